The van der Waals surface area contributed by atoms with Gasteiger partial charge in [0, 0.05) is 16.7 Å². The Bertz CT molecular complexity index is 553. The third kappa shape index (κ3) is 3.92. The molecule has 104 valence electrons. The maximum absolute atomic E-state index is 12.2. The summed E-state index contributed by atoms with van der Waals surface area (Å²) in [4.78, 5) is 38.4. The van der Waals surface area contributed by atoms with E-state index in [0.29, 0.717) is 16.6 Å². The van der Waals surface area contributed by atoms with Crippen molar-refractivity contribution in [1.82, 2.24) is 9.88 Å². The van der Waals surface area contributed by atoms with Crippen LogP contribution in [0.25, 0.3) is 0 Å². The zero-order valence-electron chi connectivity index (χ0n) is 10.7. The Balaban J connectivity index is 3.12. The third-order valence-corrected chi connectivity index (χ3v) is 3.34. The molecule has 0 aliphatic rings. The Morgan fingerprint density at radius 1 is 1.47 bits per heavy atom. The van der Waals surface area contributed by atoms with E-state index < -0.39 is 24.0 Å². The summed E-state index contributed by atoms with van der Waals surface area (Å²) < 4.78 is 0.599. The number of aromatic nitrogens is 1. The number of hydrogen-bond acceptors (Lipinski definition) is 3. The molecule has 6 nitrogen and oxygen atoms in total. The largest absolute Gasteiger partial charge is 0.480 e. The summed E-state index contributed by atoms with van der Waals surface area (Å²) in [7, 11) is 0. The molecule has 0 saturated carbocycles. The lowest BCUT2D eigenvalue weighted by Gasteiger charge is -2.19. The van der Waals surface area contributed by atoms with Gasteiger partial charge >= 0.3 is 5.97 Å². The number of hydrogen-bond donors (Lipinski definition) is 2. The lowest BCUT2D eigenvalue weighted by Crippen LogP contribution is -2.39. The van der Waals surface area contributed by atoms with Crippen molar-refractivity contribution in [2.24, 2.45) is 0 Å². The van der Waals surface area contributed by atoms with Gasteiger partial charge in [-0.2, -0.15) is 0 Å². The quantitative estimate of drug-likeness (QED) is 0.853. The number of nitrogens with zero attached hydrogens (tertiary/aromatic N) is 1. The molecule has 0 bridgehead atoms. The predicted molar refractivity (Wildman–Crippen MR) is 73.3 cm³/mol. The van der Waals surface area contributed by atoms with Crippen LogP contribution in [0.15, 0.2) is 15.3 Å². The normalized spacial score (nSPS) is 10.3. The van der Waals surface area contributed by atoms with Crippen LogP contribution >= 0.6 is 15.9 Å². The number of aliphatic carboxylic acids is 1. The van der Waals surface area contributed by atoms with E-state index in [0.717, 1.165) is 4.90 Å². The molecule has 1 rings (SSSR count). The molecular formula is C12H15BrN2O4. The second kappa shape index (κ2) is 6.51. The van der Waals surface area contributed by atoms with Gasteiger partial charge in [0.05, 0.1) is 0 Å². The molecule has 0 unspecified atom stereocenters. The number of carboxylic acid groups (broad SMARTS) is 1. The first-order valence-electron chi connectivity index (χ1n) is 5.77. The number of pyridine rings is 1. The van der Waals surface area contributed by atoms with Crippen molar-refractivity contribution < 1.29 is 14.7 Å². The zero-order chi connectivity index (χ0) is 14.6. The number of carbonyl (C=O) groups excluding carboxylic acids is 1. The lowest BCUT2D eigenvalue weighted by molar-refractivity contribution is -0.137. The van der Waals surface area contributed by atoms with Crippen LogP contribution < -0.4 is 5.56 Å². The minimum atomic E-state index is -1.11. The summed E-state index contributed by atoms with van der Waals surface area (Å²) in [5.74, 6) is -1.68. The number of halogens is 1. The molecule has 19 heavy (non-hydrogen) atoms. The van der Waals surface area contributed by atoms with E-state index in [1.807, 2.05) is 6.92 Å². The predicted octanol–water partition coefficient (Wildman–Crippen LogP) is 1.38. The van der Waals surface area contributed by atoms with Crippen molar-refractivity contribution in [3.05, 3.63) is 32.2 Å². The summed E-state index contributed by atoms with van der Waals surface area (Å²) in [6.07, 6.45) is 0.615. The number of aryl methyl sites for hydroxylation is 1. The number of carbonyl (C=O) groups is 2. The monoisotopic (exact) mass is 330 g/mol. The number of nitrogens with one attached hydrogen (secondary N) is 1. The summed E-state index contributed by atoms with van der Waals surface area (Å²) >= 11 is 3.23. The van der Waals surface area contributed by atoms with Gasteiger partial charge in [0.25, 0.3) is 11.5 Å². The van der Waals surface area contributed by atoms with Crippen molar-refractivity contribution in [3.63, 3.8) is 0 Å². The van der Waals surface area contributed by atoms with Gasteiger partial charge < -0.3 is 15.0 Å². The van der Waals surface area contributed by atoms with Gasteiger partial charge in [0.2, 0.25) is 0 Å². The van der Waals surface area contributed by atoms with Crippen LogP contribution in [-0.4, -0.2) is 40.0 Å². The standard InChI is InChI=1S/C12H15BrN2O4/c1-3-4-15(6-10(16)17)12(19)8-5-9(13)7(2)14-11(8)18/h5H,3-4,6H2,1-2H3,(H,14,18)(H,16,17). The maximum Gasteiger partial charge on any atom is 0.323 e. The van der Waals surface area contributed by atoms with E-state index in [1.54, 1.807) is 6.92 Å². The Kier molecular flexibility index (Phi) is 5.29. The Morgan fingerprint density at radius 3 is 2.63 bits per heavy atom. The minimum absolute atomic E-state index is 0.0628. The molecule has 1 aromatic rings. The molecule has 1 heterocycles. The van der Waals surface area contributed by atoms with Crippen LogP contribution in [0.3, 0.4) is 0 Å². The molecule has 0 radical (unpaired) electrons. The second-order valence-corrected chi connectivity index (χ2v) is 4.96. The Morgan fingerprint density at radius 2 is 2.11 bits per heavy atom. The molecule has 0 aliphatic carbocycles. The van der Waals surface area contributed by atoms with Crippen LogP contribution in [0.5, 0.6) is 0 Å². The van der Waals surface area contributed by atoms with Crippen molar-refractivity contribution >= 4 is 27.8 Å². The van der Waals surface area contributed by atoms with Gasteiger partial charge in [0.15, 0.2) is 0 Å². The number of rotatable bonds is 5. The van der Waals surface area contributed by atoms with Crippen molar-refractivity contribution in [3.8, 4) is 0 Å². The molecule has 0 aliphatic heterocycles. The third-order valence-electron chi connectivity index (χ3n) is 2.51. The highest BCUT2D eigenvalue weighted by Crippen LogP contribution is 2.14. The average molecular weight is 331 g/mol. The fraction of sp³-hybridized carbons (Fsp3) is 0.417. The molecule has 2 N–H and O–H groups in total. The lowest BCUT2D eigenvalue weighted by atomic mass is 10.2. The number of H-pyrrole nitrogens is 1. The van der Waals surface area contributed by atoms with Gasteiger partial charge in [-0.3, -0.25) is 14.4 Å². The first-order chi connectivity index (χ1) is 8.86. The van der Waals surface area contributed by atoms with Gasteiger partial charge in [-0.25, -0.2) is 0 Å². The molecule has 0 atom stereocenters. The SMILES string of the molecule is CCCN(CC(=O)O)C(=O)c1cc(Br)c(C)[nH]c1=O. The summed E-state index contributed by atoms with van der Waals surface area (Å²) in [5.41, 5.74) is 0.0335. The van der Waals surface area contributed by atoms with Gasteiger partial charge in [-0.05, 0) is 35.3 Å². The Hall–Kier alpha value is -1.63. The number of aromatic amines is 1. The van der Waals surface area contributed by atoms with Crippen LogP contribution in [0, 0.1) is 6.92 Å². The van der Waals surface area contributed by atoms with Crippen molar-refractivity contribution in [2.75, 3.05) is 13.1 Å². The van der Waals surface area contributed by atoms with Crippen molar-refractivity contribution in [1.29, 1.82) is 0 Å². The highest BCUT2D eigenvalue weighted by atomic mass is 79.9. The number of carboxylic acids is 1. The molecule has 0 saturated heterocycles. The molecule has 1 aromatic heterocycles. The highest BCUT2D eigenvalue weighted by molar-refractivity contribution is 9.10. The van der Waals surface area contributed by atoms with E-state index in [9.17, 15) is 14.4 Å². The van der Waals surface area contributed by atoms with E-state index >= 15 is 0 Å². The van der Waals surface area contributed by atoms with Crippen LogP contribution in [0.1, 0.15) is 29.4 Å². The molecule has 7 heteroatoms. The molecule has 0 spiro atoms. The maximum atomic E-state index is 12.2. The van der Waals surface area contributed by atoms with Crippen LogP contribution in [0.4, 0.5) is 0 Å². The van der Waals surface area contributed by atoms with Crippen molar-refractivity contribution in [2.45, 2.75) is 20.3 Å². The second-order valence-electron chi connectivity index (χ2n) is 4.11. The summed E-state index contributed by atoms with van der Waals surface area (Å²) in [6.45, 7) is 3.39. The smallest absolute Gasteiger partial charge is 0.323 e. The van der Waals surface area contributed by atoms with Gasteiger partial charge in [-0.15, -0.1) is 0 Å². The zero-order valence-corrected chi connectivity index (χ0v) is 12.3. The summed E-state index contributed by atoms with van der Waals surface area (Å²) in [6, 6.07) is 1.42. The van der Waals surface area contributed by atoms with Crippen LogP contribution in [-0.2, 0) is 4.79 Å². The molecule has 0 fully saturated rings. The van der Waals surface area contributed by atoms with E-state index in [4.69, 9.17) is 5.11 Å². The molecule has 1 amide bonds. The van der Waals surface area contributed by atoms with E-state index in [2.05, 4.69) is 20.9 Å². The fourth-order valence-electron chi connectivity index (χ4n) is 1.61. The van der Waals surface area contributed by atoms with Crippen LogP contribution in [0.2, 0.25) is 0 Å². The highest BCUT2D eigenvalue weighted by Gasteiger charge is 2.21. The first kappa shape index (κ1) is 15.4. The summed E-state index contributed by atoms with van der Waals surface area (Å²) in [5, 5.41) is 8.79. The minimum Gasteiger partial charge on any atom is -0.480 e. The van der Waals surface area contributed by atoms with Gasteiger partial charge in [0.1, 0.15) is 12.1 Å². The number of amides is 1. The van der Waals surface area contributed by atoms with Gasteiger partial charge in [-0.1, -0.05) is 6.92 Å². The Labute approximate surface area is 118 Å². The molecular weight excluding hydrogens is 316 g/mol. The van der Waals surface area contributed by atoms with E-state index in [-0.39, 0.29) is 12.1 Å². The van der Waals surface area contributed by atoms with E-state index in [1.165, 1.54) is 6.07 Å². The topological polar surface area (TPSA) is 90.5 Å². The average Bonchev–Trinajstić information content (AvgIpc) is 2.32. The molecule has 0 aromatic carbocycles. The first-order valence-corrected chi connectivity index (χ1v) is 6.56. The fourth-order valence-corrected chi connectivity index (χ4v) is 1.94.